The second-order valence-electron chi connectivity index (χ2n) is 8.15. The van der Waals surface area contributed by atoms with Gasteiger partial charge in [-0.25, -0.2) is 12.7 Å². The van der Waals surface area contributed by atoms with Crippen molar-refractivity contribution < 1.29 is 8.42 Å². The van der Waals surface area contributed by atoms with E-state index < -0.39 is 10.0 Å². The number of sulfonamides is 1. The van der Waals surface area contributed by atoms with Gasteiger partial charge in [0.05, 0.1) is 6.26 Å². The molecular weight excluding hydrogens is 533 g/mol. The second-order valence-corrected chi connectivity index (χ2v) is 10.9. The molecule has 1 aromatic rings. The first-order chi connectivity index (χ1) is 13.9. The molecule has 172 valence electrons. The van der Waals surface area contributed by atoms with Gasteiger partial charge in [-0.2, -0.15) is 11.3 Å². The second kappa shape index (κ2) is 12.6. The van der Waals surface area contributed by atoms with Gasteiger partial charge in [0.2, 0.25) is 10.0 Å². The highest BCUT2D eigenvalue weighted by Crippen LogP contribution is 2.19. The lowest BCUT2D eigenvalue weighted by atomic mass is 9.98. The molecule has 2 saturated heterocycles. The molecule has 0 amide bonds. The van der Waals surface area contributed by atoms with Gasteiger partial charge < -0.3 is 10.6 Å². The standard InChI is InChI=1S/C20H35N5O2S2.HI/c1-3-21-20(22-14-17-4-11-25(12-5-17)29(2,26)27)23-19-6-9-24(10-7-19)15-18-8-13-28-16-18;/h8,13,16-17,19H,3-7,9-12,14-15H2,1-2H3,(H2,21,22,23);1H. The van der Waals surface area contributed by atoms with Crippen LogP contribution in [0.15, 0.2) is 21.8 Å². The number of nitrogens with one attached hydrogen (secondary N) is 2. The maximum atomic E-state index is 11.7. The molecule has 0 bridgehead atoms. The molecule has 1 aromatic heterocycles. The Hall–Kier alpha value is -0.430. The summed E-state index contributed by atoms with van der Waals surface area (Å²) in [5.41, 5.74) is 1.42. The van der Waals surface area contributed by atoms with E-state index in [1.807, 2.05) is 0 Å². The van der Waals surface area contributed by atoms with Crippen molar-refractivity contribution in [3.8, 4) is 0 Å². The highest BCUT2D eigenvalue weighted by molar-refractivity contribution is 14.0. The molecule has 0 saturated carbocycles. The minimum absolute atomic E-state index is 0. The van der Waals surface area contributed by atoms with Gasteiger partial charge in [-0.3, -0.25) is 9.89 Å². The average Bonchev–Trinajstić information content (AvgIpc) is 3.20. The molecule has 30 heavy (non-hydrogen) atoms. The van der Waals surface area contributed by atoms with Crippen molar-refractivity contribution in [2.45, 2.75) is 45.2 Å². The van der Waals surface area contributed by atoms with Crippen molar-refractivity contribution in [2.75, 3.05) is 45.5 Å². The number of nitrogens with zero attached hydrogens (tertiary/aromatic N) is 3. The Balaban J connectivity index is 0.00000320. The number of hydrogen-bond acceptors (Lipinski definition) is 5. The summed E-state index contributed by atoms with van der Waals surface area (Å²) in [6, 6.07) is 2.67. The average molecular weight is 570 g/mol. The maximum absolute atomic E-state index is 11.7. The molecule has 2 fully saturated rings. The van der Waals surface area contributed by atoms with E-state index in [9.17, 15) is 8.42 Å². The normalized spacial score (nSPS) is 20.7. The van der Waals surface area contributed by atoms with Crippen molar-refractivity contribution in [2.24, 2.45) is 10.9 Å². The molecule has 7 nitrogen and oxygen atoms in total. The molecular formula is C20H36IN5O2S2. The van der Waals surface area contributed by atoms with Crippen molar-refractivity contribution in [3.63, 3.8) is 0 Å². The van der Waals surface area contributed by atoms with Crippen molar-refractivity contribution in [3.05, 3.63) is 22.4 Å². The summed E-state index contributed by atoms with van der Waals surface area (Å²) in [5.74, 6) is 1.35. The van der Waals surface area contributed by atoms with Crippen molar-refractivity contribution in [1.29, 1.82) is 0 Å². The van der Waals surface area contributed by atoms with Gasteiger partial charge in [0, 0.05) is 51.9 Å². The molecule has 2 aliphatic rings. The van der Waals surface area contributed by atoms with Crippen LogP contribution in [-0.4, -0.2) is 75.1 Å². The first-order valence-electron chi connectivity index (χ1n) is 10.7. The molecule has 3 heterocycles. The van der Waals surface area contributed by atoms with E-state index in [4.69, 9.17) is 4.99 Å². The zero-order chi connectivity index (χ0) is 20.7. The van der Waals surface area contributed by atoms with Gasteiger partial charge in [0.25, 0.3) is 0 Å². The molecule has 0 unspecified atom stereocenters. The zero-order valence-corrected chi connectivity index (χ0v) is 22.0. The number of piperidine rings is 2. The van der Waals surface area contributed by atoms with Crippen LogP contribution in [0.2, 0.25) is 0 Å². The predicted octanol–water partition coefficient (Wildman–Crippen LogP) is 2.56. The summed E-state index contributed by atoms with van der Waals surface area (Å²) < 4.78 is 24.9. The van der Waals surface area contributed by atoms with Crippen LogP contribution in [0.4, 0.5) is 0 Å². The maximum Gasteiger partial charge on any atom is 0.211 e. The number of aliphatic imine (C=N–C) groups is 1. The molecule has 0 radical (unpaired) electrons. The van der Waals surface area contributed by atoms with Gasteiger partial charge in [-0.1, -0.05) is 0 Å². The van der Waals surface area contributed by atoms with Crippen LogP contribution in [0, 0.1) is 5.92 Å². The molecule has 3 rings (SSSR count). The Kier molecular flexibility index (Phi) is 10.8. The molecule has 10 heteroatoms. The molecule has 0 spiro atoms. The monoisotopic (exact) mass is 569 g/mol. The highest BCUT2D eigenvalue weighted by atomic mass is 127. The van der Waals surface area contributed by atoms with Crippen LogP contribution in [0.25, 0.3) is 0 Å². The largest absolute Gasteiger partial charge is 0.357 e. The van der Waals surface area contributed by atoms with E-state index in [1.54, 1.807) is 15.6 Å². The third kappa shape index (κ3) is 8.25. The fourth-order valence-electron chi connectivity index (χ4n) is 4.03. The van der Waals surface area contributed by atoms with Gasteiger partial charge in [0.15, 0.2) is 5.96 Å². The van der Waals surface area contributed by atoms with E-state index in [0.29, 0.717) is 25.0 Å². The Morgan fingerprint density at radius 2 is 1.90 bits per heavy atom. The van der Waals surface area contributed by atoms with Gasteiger partial charge in [-0.15, -0.1) is 24.0 Å². The first-order valence-corrected chi connectivity index (χ1v) is 13.5. The summed E-state index contributed by atoms with van der Waals surface area (Å²) in [6.45, 7) is 8.19. The minimum Gasteiger partial charge on any atom is -0.357 e. The third-order valence-electron chi connectivity index (χ3n) is 5.81. The lowest BCUT2D eigenvalue weighted by Crippen LogP contribution is -2.48. The minimum atomic E-state index is -3.06. The number of likely N-dealkylation sites (tertiary alicyclic amines) is 1. The molecule has 2 N–H and O–H groups in total. The Morgan fingerprint density at radius 1 is 1.20 bits per heavy atom. The number of hydrogen-bond donors (Lipinski definition) is 2. The van der Waals surface area contributed by atoms with Gasteiger partial charge in [-0.05, 0) is 60.9 Å². The highest BCUT2D eigenvalue weighted by Gasteiger charge is 2.25. The van der Waals surface area contributed by atoms with Crippen LogP contribution in [0.5, 0.6) is 0 Å². The SMILES string of the molecule is CCNC(=NCC1CCN(S(C)(=O)=O)CC1)NC1CCN(Cc2ccsc2)CC1.I. The number of halogens is 1. The number of guanidine groups is 1. The number of thiophene rings is 1. The summed E-state index contributed by atoms with van der Waals surface area (Å²) >= 11 is 1.77. The van der Waals surface area contributed by atoms with E-state index >= 15 is 0 Å². The van der Waals surface area contributed by atoms with E-state index in [-0.39, 0.29) is 24.0 Å². The number of rotatable bonds is 7. The summed E-state index contributed by atoms with van der Waals surface area (Å²) in [7, 11) is -3.06. The zero-order valence-electron chi connectivity index (χ0n) is 18.0. The van der Waals surface area contributed by atoms with Crippen molar-refractivity contribution in [1.82, 2.24) is 19.8 Å². The molecule has 0 aromatic carbocycles. The third-order valence-corrected chi connectivity index (χ3v) is 7.84. The predicted molar refractivity (Wildman–Crippen MR) is 136 cm³/mol. The van der Waals surface area contributed by atoms with Crippen LogP contribution in [0.1, 0.15) is 38.2 Å². The van der Waals surface area contributed by atoms with Crippen LogP contribution >= 0.6 is 35.3 Å². The van der Waals surface area contributed by atoms with Crippen LogP contribution in [0.3, 0.4) is 0 Å². The smallest absolute Gasteiger partial charge is 0.211 e. The lowest BCUT2D eigenvalue weighted by molar-refractivity contribution is 0.198. The van der Waals surface area contributed by atoms with E-state index in [1.165, 1.54) is 11.8 Å². The van der Waals surface area contributed by atoms with Crippen molar-refractivity contribution >= 4 is 51.3 Å². The van der Waals surface area contributed by atoms with Crippen LogP contribution < -0.4 is 10.6 Å². The van der Waals surface area contributed by atoms with E-state index in [2.05, 4.69) is 39.3 Å². The Bertz CT molecular complexity index is 741. The summed E-state index contributed by atoms with van der Waals surface area (Å²) in [6.07, 6.45) is 5.32. The Morgan fingerprint density at radius 3 is 2.47 bits per heavy atom. The van der Waals surface area contributed by atoms with Crippen LogP contribution in [-0.2, 0) is 16.6 Å². The quantitative estimate of drug-likeness (QED) is 0.300. The Labute approximate surface area is 202 Å². The topological polar surface area (TPSA) is 77.0 Å². The first kappa shape index (κ1) is 25.8. The van der Waals surface area contributed by atoms with Gasteiger partial charge in [0.1, 0.15) is 0 Å². The summed E-state index contributed by atoms with van der Waals surface area (Å²) in [5, 5.41) is 11.4. The fourth-order valence-corrected chi connectivity index (χ4v) is 5.57. The van der Waals surface area contributed by atoms with Gasteiger partial charge >= 0.3 is 0 Å². The molecule has 2 aliphatic heterocycles. The molecule has 0 atom stereocenters. The van der Waals surface area contributed by atoms with E-state index in [0.717, 1.165) is 64.4 Å². The molecule has 0 aliphatic carbocycles. The lowest BCUT2D eigenvalue weighted by Gasteiger charge is -2.33. The summed E-state index contributed by atoms with van der Waals surface area (Å²) in [4.78, 5) is 7.34. The fraction of sp³-hybridized carbons (Fsp3) is 0.750.